The third-order valence-corrected chi connectivity index (χ3v) is 9.60. The van der Waals surface area contributed by atoms with Gasteiger partial charge in [-0.2, -0.15) is 0 Å². The van der Waals surface area contributed by atoms with E-state index in [9.17, 15) is 14.4 Å². The van der Waals surface area contributed by atoms with Crippen molar-refractivity contribution in [2.75, 3.05) is 6.61 Å². The molecule has 0 N–H and O–H groups in total. The standard InChI is InChI=1S/C28H42O5/c1-17(33-25(31)26(3,4)5)22-9-10-23-21-8-7-19-15-20(30)11-14-28(19,16-32-18(2)29)24(21)12-13-27(22,23)6/h17,19,22,24H,7-16H2,1-6H3/t17?,19?,22-,24+,27-,28-/m1/s1. The first-order chi connectivity index (χ1) is 15.4. The van der Waals surface area contributed by atoms with Gasteiger partial charge in [-0.3, -0.25) is 14.4 Å². The number of hydrogen-bond donors (Lipinski definition) is 0. The van der Waals surface area contributed by atoms with Crippen molar-refractivity contribution in [1.82, 2.24) is 0 Å². The number of allylic oxidation sites excluding steroid dienone is 2. The third kappa shape index (κ3) is 4.18. The summed E-state index contributed by atoms with van der Waals surface area (Å²) in [6, 6.07) is 0. The van der Waals surface area contributed by atoms with E-state index in [1.165, 1.54) is 6.92 Å². The molecule has 5 nitrogen and oxygen atoms in total. The third-order valence-electron chi connectivity index (χ3n) is 9.60. The molecule has 0 saturated heterocycles. The highest BCUT2D eigenvalue weighted by Gasteiger charge is 2.58. The summed E-state index contributed by atoms with van der Waals surface area (Å²) in [6.45, 7) is 12.1. The SMILES string of the molecule is CC(=O)OC[C@]12CCC(=O)CC1CCC1=C3CC[C@H](C(C)OC(=O)C(C)(C)C)[C@@]3(C)CC[C@@H]12. The van der Waals surface area contributed by atoms with Gasteiger partial charge in [0.25, 0.3) is 0 Å². The quantitative estimate of drug-likeness (QED) is 0.393. The molecule has 0 spiro atoms. The van der Waals surface area contributed by atoms with E-state index in [2.05, 4.69) is 13.8 Å². The van der Waals surface area contributed by atoms with E-state index in [1.54, 1.807) is 11.1 Å². The lowest BCUT2D eigenvalue weighted by Gasteiger charge is -2.56. The maximum Gasteiger partial charge on any atom is 0.311 e. The van der Waals surface area contributed by atoms with Crippen molar-refractivity contribution in [3.8, 4) is 0 Å². The first kappa shape index (κ1) is 24.5. The maximum absolute atomic E-state index is 12.6. The van der Waals surface area contributed by atoms with Gasteiger partial charge >= 0.3 is 11.9 Å². The van der Waals surface area contributed by atoms with Gasteiger partial charge in [-0.25, -0.2) is 0 Å². The van der Waals surface area contributed by atoms with Crippen LogP contribution < -0.4 is 0 Å². The first-order valence-corrected chi connectivity index (χ1v) is 13.0. The van der Waals surface area contributed by atoms with Gasteiger partial charge in [-0.15, -0.1) is 0 Å². The number of carbonyl (C=O) groups is 3. The largest absolute Gasteiger partial charge is 0.465 e. The average molecular weight is 459 g/mol. The van der Waals surface area contributed by atoms with Crippen LogP contribution in [0, 0.1) is 34.0 Å². The molecule has 5 heteroatoms. The Hall–Kier alpha value is -1.65. The second kappa shape index (κ2) is 8.53. The summed E-state index contributed by atoms with van der Waals surface area (Å²) >= 11 is 0. The summed E-state index contributed by atoms with van der Waals surface area (Å²) in [7, 11) is 0. The predicted molar refractivity (Wildman–Crippen MR) is 126 cm³/mol. The zero-order chi connectivity index (χ0) is 24.2. The molecule has 0 aromatic heterocycles. The lowest BCUT2D eigenvalue weighted by Crippen LogP contribution is -2.52. The zero-order valence-electron chi connectivity index (χ0n) is 21.4. The smallest absolute Gasteiger partial charge is 0.311 e. The number of rotatable bonds is 4. The molecule has 33 heavy (non-hydrogen) atoms. The number of ketones is 1. The van der Waals surface area contributed by atoms with Gasteiger partial charge in [0.15, 0.2) is 0 Å². The van der Waals surface area contributed by atoms with E-state index in [0.29, 0.717) is 43.0 Å². The van der Waals surface area contributed by atoms with Crippen molar-refractivity contribution in [3.05, 3.63) is 11.1 Å². The van der Waals surface area contributed by atoms with Crippen LogP contribution in [-0.2, 0) is 23.9 Å². The van der Waals surface area contributed by atoms with Crippen molar-refractivity contribution < 1.29 is 23.9 Å². The molecular formula is C28H42O5. The van der Waals surface area contributed by atoms with Crippen LogP contribution >= 0.6 is 0 Å². The van der Waals surface area contributed by atoms with Crippen LogP contribution in [0.5, 0.6) is 0 Å². The fourth-order valence-electron chi connectivity index (χ4n) is 7.82. The number of fused-ring (bicyclic) bond motifs is 4. The Kier molecular flexibility index (Phi) is 6.33. The monoisotopic (exact) mass is 458 g/mol. The van der Waals surface area contributed by atoms with Crippen LogP contribution in [0.2, 0.25) is 0 Å². The number of carbonyl (C=O) groups excluding carboxylic acids is 3. The molecular weight excluding hydrogens is 416 g/mol. The van der Waals surface area contributed by atoms with E-state index in [0.717, 1.165) is 44.9 Å². The molecule has 3 fully saturated rings. The van der Waals surface area contributed by atoms with Gasteiger partial charge < -0.3 is 9.47 Å². The summed E-state index contributed by atoms with van der Waals surface area (Å²) in [5.41, 5.74) is 2.64. The molecule has 0 aromatic rings. The molecule has 0 bridgehead atoms. The van der Waals surface area contributed by atoms with E-state index in [-0.39, 0.29) is 28.9 Å². The Labute approximate surface area is 199 Å². The first-order valence-electron chi connectivity index (χ1n) is 13.0. The Bertz CT molecular complexity index is 864. The summed E-state index contributed by atoms with van der Waals surface area (Å²) in [5.74, 6) is 1.07. The second-order valence-corrected chi connectivity index (χ2v) is 12.5. The molecule has 184 valence electrons. The molecule has 0 radical (unpaired) electrons. The molecule has 0 amide bonds. The van der Waals surface area contributed by atoms with Crippen molar-refractivity contribution in [3.63, 3.8) is 0 Å². The molecule has 0 aromatic carbocycles. The van der Waals surface area contributed by atoms with Crippen molar-refractivity contribution in [2.24, 2.45) is 34.0 Å². The van der Waals surface area contributed by atoms with Crippen LogP contribution in [-0.4, -0.2) is 30.4 Å². The number of esters is 2. The van der Waals surface area contributed by atoms with Gasteiger partial charge in [0.1, 0.15) is 11.9 Å². The minimum absolute atomic E-state index is 0.0589. The minimum Gasteiger partial charge on any atom is -0.465 e. The zero-order valence-corrected chi connectivity index (χ0v) is 21.4. The van der Waals surface area contributed by atoms with Gasteiger partial charge in [0.2, 0.25) is 0 Å². The lowest BCUT2D eigenvalue weighted by atomic mass is 9.48. The van der Waals surface area contributed by atoms with Gasteiger partial charge in [-0.1, -0.05) is 18.1 Å². The van der Waals surface area contributed by atoms with Crippen LogP contribution in [0.15, 0.2) is 11.1 Å². The topological polar surface area (TPSA) is 69.7 Å². The molecule has 4 aliphatic rings. The van der Waals surface area contributed by atoms with Gasteiger partial charge in [0, 0.05) is 31.1 Å². The molecule has 2 unspecified atom stereocenters. The number of ether oxygens (including phenoxy) is 2. The summed E-state index contributed by atoms with van der Waals surface area (Å²) < 4.78 is 11.6. The second-order valence-electron chi connectivity index (χ2n) is 12.5. The molecule has 4 aliphatic carbocycles. The van der Waals surface area contributed by atoms with Crippen LogP contribution in [0.25, 0.3) is 0 Å². The van der Waals surface area contributed by atoms with E-state index in [4.69, 9.17) is 9.47 Å². The van der Waals surface area contributed by atoms with E-state index < -0.39 is 5.41 Å². The Balaban J connectivity index is 1.63. The highest BCUT2D eigenvalue weighted by molar-refractivity contribution is 5.80. The normalized spacial score (nSPS) is 37.0. The summed E-state index contributed by atoms with van der Waals surface area (Å²) in [4.78, 5) is 36.6. The Morgan fingerprint density at radius 2 is 1.82 bits per heavy atom. The Morgan fingerprint density at radius 3 is 2.48 bits per heavy atom. The highest BCUT2D eigenvalue weighted by Crippen LogP contribution is 2.65. The van der Waals surface area contributed by atoms with Crippen LogP contribution in [0.1, 0.15) is 99.3 Å². The van der Waals surface area contributed by atoms with Crippen LogP contribution in [0.4, 0.5) is 0 Å². The van der Waals surface area contributed by atoms with Crippen molar-refractivity contribution in [2.45, 2.75) is 105 Å². The molecule has 6 atom stereocenters. The highest BCUT2D eigenvalue weighted by atomic mass is 16.5. The average Bonchev–Trinajstić information content (AvgIpc) is 3.09. The Morgan fingerprint density at radius 1 is 1.09 bits per heavy atom. The van der Waals surface area contributed by atoms with E-state index >= 15 is 0 Å². The van der Waals surface area contributed by atoms with Gasteiger partial charge in [0.05, 0.1) is 12.0 Å². The molecule has 0 aliphatic heterocycles. The minimum atomic E-state index is -0.493. The van der Waals surface area contributed by atoms with Crippen molar-refractivity contribution >= 4 is 17.7 Å². The van der Waals surface area contributed by atoms with Crippen molar-refractivity contribution in [1.29, 1.82) is 0 Å². The lowest BCUT2D eigenvalue weighted by molar-refractivity contribution is -0.163. The summed E-state index contributed by atoms with van der Waals surface area (Å²) in [5, 5.41) is 0. The van der Waals surface area contributed by atoms with Gasteiger partial charge in [-0.05, 0) is 89.9 Å². The van der Waals surface area contributed by atoms with E-state index in [1.807, 2.05) is 20.8 Å². The molecule has 3 saturated carbocycles. The fourth-order valence-corrected chi connectivity index (χ4v) is 7.82. The van der Waals surface area contributed by atoms with Crippen LogP contribution in [0.3, 0.4) is 0 Å². The number of Topliss-reactive ketones (excluding diaryl/α,β-unsaturated/α-hetero) is 1. The fraction of sp³-hybridized carbons (Fsp3) is 0.821. The summed E-state index contributed by atoms with van der Waals surface area (Å²) in [6.07, 6.45) is 8.31. The maximum atomic E-state index is 12.6. The predicted octanol–water partition coefficient (Wildman–Crippen LogP) is 5.80. The molecule has 0 heterocycles. The molecule has 4 rings (SSSR count). The number of hydrogen-bond acceptors (Lipinski definition) is 5.